The third-order valence-electron chi connectivity index (χ3n) is 4.02. The van der Waals surface area contributed by atoms with Crippen LogP contribution in [0.2, 0.25) is 0 Å². The smallest absolute Gasteiger partial charge is 0.265 e. The van der Waals surface area contributed by atoms with Crippen LogP contribution in [0.25, 0.3) is 0 Å². The molecule has 0 radical (unpaired) electrons. The molecule has 2 aromatic rings. The van der Waals surface area contributed by atoms with Crippen molar-refractivity contribution in [2.75, 3.05) is 6.26 Å². The van der Waals surface area contributed by atoms with Gasteiger partial charge in [0.1, 0.15) is 6.10 Å². The van der Waals surface area contributed by atoms with Crippen LogP contribution >= 0.6 is 0 Å². The van der Waals surface area contributed by atoms with Crippen LogP contribution in [0, 0.1) is 0 Å². The highest BCUT2D eigenvalue weighted by Gasteiger charge is 2.33. The lowest BCUT2D eigenvalue weighted by molar-refractivity contribution is -0.133. The molecule has 0 saturated carbocycles. The lowest BCUT2D eigenvalue weighted by atomic mass is 10.1. The Kier molecular flexibility index (Phi) is 5.18. The molecule has 0 bridgehead atoms. The molecule has 7 heteroatoms. The molecular formula is C19H21NO5S. The minimum absolute atomic E-state index is 0.00379. The van der Waals surface area contributed by atoms with E-state index >= 15 is 0 Å². The molecule has 1 aliphatic heterocycles. The van der Waals surface area contributed by atoms with E-state index in [-0.39, 0.29) is 11.7 Å². The van der Waals surface area contributed by atoms with Crippen LogP contribution in [0.1, 0.15) is 18.1 Å². The first-order valence-electron chi connectivity index (χ1n) is 8.27. The highest BCUT2D eigenvalue weighted by Crippen LogP contribution is 2.33. The third kappa shape index (κ3) is 4.54. The van der Waals surface area contributed by atoms with Crippen molar-refractivity contribution < 1.29 is 22.7 Å². The normalized spacial score (nSPS) is 19.0. The Morgan fingerprint density at radius 1 is 1.00 bits per heavy atom. The molecule has 26 heavy (non-hydrogen) atoms. The number of amides is 1. The maximum atomic E-state index is 12.5. The van der Waals surface area contributed by atoms with Gasteiger partial charge in [-0.2, -0.15) is 0 Å². The van der Waals surface area contributed by atoms with E-state index in [2.05, 4.69) is 5.32 Å². The van der Waals surface area contributed by atoms with E-state index in [9.17, 15) is 13.2 Å². The summed E-state index contributed by atoms with van der Waals surface area (Å²) in [5.41, 5.74) is 1.59. The molecule has 0 unspecified atom stereocenters. The predicted octanol–water partition coefficient (Wildman–Crippen LogP) is 2.08. The Balaban J connectivity index is 1.59. The van der Waals surface area contributed by atoms with Crippen molar-refractivity contribution >= 4 is 15.7 Å². The van der Waals surface area contributed by atoms with E-state index in [1.165, 1.54) is 6.26 Å². The molecular weight excluding hydrogens is 354 g/mol. The average Bonchev–Trinajstić information content (AvgIpc) is 2.59. The van der Waals surface area contributed by atoms with Gasteiger partial charge in [-0.05, 0) is 30.2 Å². The number of hydrogen-bond acceptors (Lipinski definition) is 5. The Morgan fingerprint density at radius 3 is 2.19 bits per heavy atom. The molecule has 138 valence electrons. The highest BCUT2D eigenvalue weighted by molar-refractivity contribution is 7.89. The highest BCUT2D eigenvalue weighted by atomic mass is 32.2. The zero-order valence-corrected chi connectivity index (χ0v) is 15.5. The molecule has 1 aliphatic rings. The van der Waals surface area contributed by atoms with Crippen molar-refractivity contribution in [3.05, 3.63) is 59.7 Å². The van der Waals surface area contributed by atoms with Crippen molar-refractivity contribution in [3.8, 4) is 11.5 Å². The van der Waals surface area contributed by atoms with Crippen molar-refractivity contribution in [1.82, 2.24) is 5.32 Å². The van der Waals surface area contributed by atoms with Crippen LogP contribution in [0.4, 0.5) is 0 Å². The van der Waals surface area contributed by atoms with Crippen molar-refractivity contribution in [3.63, 3.8) is 0 Å². The summed E-state index contributed by atoms with van der Waals surface area (Å²) in [6.45, 7) is 2.12. The number of nitrogens with one attached hydrogen (secondary N) is 1. The molecule has 0 saturated heterocycles. The second kappa shape index (κ2) is 7.37. The molecule has 1 heterocycles. The summed E-state index contributed by atoms with van der Waals surface area (Å²) in [6.07, 6.45) is 0.0728. The van der Waals surface area contributed by atoms with Gasteiger partial charge in [-0.25, -0.2) is 8.42 Å². The molecule has 6 nitrogen and oxygen atoms in total. The lowest BCUT2D eigenvalue weighted by Crippen LogP contribution is -2.48. The van der Waals surface area contributed by atoms with Gasteiger partial charge in [-0.3, -0.25) is 4.79 Å². The summed E-state index contributed by atoms with van der Waals surface area (Å²) in [7, 11) is -3.06. The number of sulfone groups is 1. The number of hydrogen-bond donors (Lipinski definition) is 1. The molecule has 1 amide bonds. The standard InChI is InChI=1S/C19H21NO5S/c1-13-18(25-17-6-4-3-5-16(17)24-13)19(21)20-11-14-7-9-15(10-8-14)12-26(2,22)23/h3-10,13,18H,11-12H2,1-2H3,(H,20,21)/t13-,18+/m1/s1. The summed E-state index contributed by atoms with van der Waals surface area (Å²) >= 11 is 0. The largest absolute Gasteiger partial charge is 0.482 e. The fourth-order valence-corrected chi connectivity index (χ4v) is 3.55. The van der Waals surface area contributed by atoms with E-state index in [1.807, 2.05) is 12.1 Å². The molecule has 1 N–H and O–H groups in total. The Hall–Kier alpha value is -2.54. The molecule has 0 fully saturated rings. The van der Waals surface area contributed by atoms with Crippen molar-refractivity contribution in [2.45, 2.75) is 31.4 Å². The first-order valence-corrected chi connectivity index (χ1v) is 10.3. The molecule has 2 atom stereocenters. The van der Waals surface area contributed by atoms with E-state index in [0.29, 0.717) is 18.0 Å². The summed E-state index contributed by atoms with van der Waals surface area (Å²) in [4.78, 5) is 12.5. The van der Waals surface area contributed by atoms with Crippen LogP contribution in [-0.4, -0.2) is 32.8 Å². The van der Waals surface area contributed by atoms with Crippen molar-refractivity contribution in [1.29, 1.82) is 0 Å². The number of para-hydroxylation sites is 2. The number of carbonyl (C=O) groups is 1. The predicted molar refractivity (Wildman–Crippen MR) is 97.8 cm³/mol. The Bertz CT molecular complexity index is 892. The van der Waals surface area contributed by atoms with Gasteiger partial charge in [0.05, 0.1) is 5.75 Å². The second-order valence-electron chi connectivity index (χ2n) is 6.41. The third-order valence-corrected chi connectivity index (χ3v) is 4.88. The number of rotatable bonds is 5. The van der Waals surface area contributed by atoms with Crippen LogP contribution in [0.3, 0.4) is 0 Å². The second-order valence-corrected chi connectivity index (χ2v) is 8.55. The summed E-state index contributed by atoms with van der Waals surface area (Å²) in [6, 6.07) is 14.4. The van der Waals surface area contributed by atoms with Crippen LogP contribution in [0.5, 0.6) is 11.5 Å². The van der Waals surface area contributed by atoms with E-state index in [1.54, 1.807) is 43.3 Å². The van der Waals surface area contributed by atoms with E-state index in [4.69, 9.17) is 9.47 Å². The maximum Gasteiger partial charge on any atom is 0.265 e. The summed E-state index contributed by atoms with van der Waals surface area (Å²) < 4.78 is 34.1. The lowest BCUT2D eigenvalue weighted by Gasteiger charge is -2.31. The minimum atomic E-state index is -3.06. The van der Waals surface area contributed by atoms with Gasteiger partial charge in [0.25, 0.3) is 5.91 Å². The number of ether oxygens (including phenoxy) is 2. The first kappa shape index (κ1) is 18.3. The zero-order valence-electron chi connectivity index (χ0n) is 14.6. The monoisotopic (exact) mass is 375 g/mol. The fourth-order valence-electron chi connectivity index (χ4n) is 2.75. The molecule has 0 aromatic heterocycles. The van der Waals surface area contributed by atoms with Crippen LogP contribution in [-0.2, 0) is 26.9 Å². The summed E-state index contributed by atoms with van der Waals surface area (Å²) in [5, 5.41) is 2.84. The number of fused-ring (bicyclic) bond motifs is 1. The first-order chi connectivity index (χ1) is 12.3. The van der Waals surface area contributed by atoms with E-state index < -0.39 is 22.0 Å². The molecule has 0 aliphatic carbocycles. The van der Waals surface area contributed by atoms with Gasteiger partial charge in [-0.1, -0.05) is 36.4 Å². The van der Waals surface area contributed by atoms with Gasteiger partial charge in [0, 0.05) is 12.8 Å². The van der Waals surface area contributed by atoms with Gasteiger partial charge in [-0.15, -0.1) is 0 Å². The molecule has 0 spiro atoms. The molecule has 2 aromatic carbocycles. The Morgan fingerprint density at radius 2 is 1.58 bits per heavy atom. The average molecular weight is 375 g/mol. The maximum absolute atomic E-state index is 12.5. The number of benzene rings is 2. The minimum Gasteiger partial charge on any atom is -0.482 e. The van der Waals surface area contributed by atoms with Gasteiger partial charge in [0.15, 0.2) is 21.3 Å². The van der Waals surface area contributed by atoms with Crippen LogP contribution in [0.15, 0.2) is 48.5 Å². The summed E-state index contributed by atoms with van der Waals surface area (Å²) in [5.74, 6) is 0.928. The van der Waals surface area contributed by atoms with E-state index in [0.717, 1.165) is 11.1 Å². The fraction of sp³-hybridized carbons (Fsp3) is 0.316. The van der Waals surface area contributed by atoms with Gasteiger partial charge < -0.3 is 14.8 Å². The SMILES string of the molecule is C[C@H]1Oc2ccccc2O[C@@H]1C(=O)NCc1ccc(CS(C)(=O)=O)cc1. The van der Waals surface area contributed by atoms with Crippen molar-refractivity contribution in [2.24, 2.45) is 0 Å². The number of carbonyl (C=O) groups excluding carboxylic acids is 1. The zero-order chi connectivity index (χ0) is 18.7. The Labute approximate surface area is 153 Å². The quantitative estimate of drug-likeness (QED) is 0.865. The van der Waals surface area contributed by atoms with Gasteiger partial charge in [0.2, 0.25) is 6.10 Å². The van der Waals surface area contributed by atoms with Crippen LogP contribution < -0.4 is 14.8 Å². The topological polar surface area (TPSA) is 81.7 Å². The van der Waals surface area contributed by atoms with Gasteiger partial charge >= 0.3 is 0 Å². The molecule has 3 rings (SSSR count).